The van der Waals surface area contributed by atoms with Crippen LogP contribution in [0.1, 0.15) is 24.5 Å². The molecule has 0 saturated carbocycles. The Morgan fingerprint density at radius 3 is 2.68 bits per heavy atom. The monoisotopic (exact) mass is 258 g/mol. The zero-order chi connectivity index (χ0) is 14.3. The first-order valence-electron chi connectivity index (χ1n) is 5.41. The normalized spacial score (nSPS) is 8.84. The Balaban J connectivity index is 2.93. The standard InChI is InChI=1S/C13H10N2O4/c1-2-19-13(16)5-3-4-10-6-11(9-14)8-12(7-10)15(17)18/h6-8H,2,5H2,1H3. The first-order valence-corrected chi connectivity index (χ1v) is 5.41. The van der Waals surface area contributed by atoms with Crippen molar-refractivity contribution in [1.82, 2.24) is 0 Å². The molecule has 0 aliphatic rings. The topological polar surface area (TPSA) is 93.2 Å². The molecule has 6 nitrogen and oxygen atoms in total. The van der Waals surface area contributed by atoms with Crippen molar-refractivity contribution < 1.29 is 14.5 Å². The van der Waals surface area contributed by atoms with Gasteiger partial charge in [-0.15, -0.1) is 0 Å². The van der Waals surface area contributed by atoms with Crippen molar-refractivity contribution in [2.45, 2.75) is 13.3 Å². The van der Waals surface area contributed by atoms with E-state index in [4.69, 9.17) is 5.26 Å². The predicted octanol–water partition coefficient (Wildman–Crippen LogP) is 1.77. The van der Waals surface area contributed by atoms with E-state index in [9.17, 15) is 14.9 Å². The predicted molar refractivity (Wildman–Crippen MR) is 65.9 cm³/mol. The van der Waals surface area contributed by atoms with Crippen molar-refractivity contribution in [3.8, 4) is 17.9 Å². The SMILES string of the molecule is CCOC(=O)CC#Cc1cc(C#N)cc([N+](=O)[O-])c1. The van der Waals surface area contributed by atoms with Crippen LogP contribution in [0.4, 0.5) is 5.69 Å². The molecular weight excluding hydrogens is 248 g/mol. The number of carbonyl (C=O) groups excluding carboxylic acids is 1. The number of nitro benzene ring substituents is 1. The zero-order valence-corrected chi connectivity index (χ0v) is 10.2. The lowest BCUT2D eigenvalue weighted by Gasteiger charge is -1.96. The summed E-state index contributed by atoms with van der Waals surface area (Å²) < 4.78 is 4.68. The lowest BCUT2D eigenvalue weighted by molar-refractivity contribution is -0.384. The molecule has 0 amide bonds. The molecule has 0 aliphatic carbocycles. The molecule has 0 aliphatic heterocycles. The second-order valence-electron chi connectivity index (χ2n) is 3.42. The number of nitro groups is 1. The van der Waals surface area contributed by atoms with Crippen LogP contribution in [0.5, 0.6) is 0 Å². The van der Waals surface area contributed by atoms with Crippen LogP contribution in [0.15, 0.2) is 18.2 Å². The van der Waals surface area contributed by atoms with Gasteiger partial charge in [0.15, 0.2) is 0 Å². The van der Waals surface area contributed by atoms with Crippen LogP contribution < -0.4 is 0 Å². The quantitative estimate of drug-likeness (QED) is 0.356. The Labute approximate surface area is 109 Å². The van der Waals surface area contributed by atoms with E-state index in [1.807, 2.05) is 6.07 Å². The van der Waals surface area contributed by atoms with Crippen LogP contribution in [0.3, 0.4) is 0 Å². The minimum atomic E-state index is -0.600. The van der Waals surface area contributed by atoms with Gasteiger partial charge in [-0.05, 0) is 13.0 Å². The fourth-order valence-corrected chi connectivity index (χ4v) is 1.28. The molecule has 0 N–H and O–H groups in total. The first kappa shape index (κ1) is 14.2. The number of ether oxygens (including phenoxy) is 1. The summed E-state index contributed by atoms with van der Waals surface area (Å²) in [6, 6.07) is 5.65. The summed E-state index contributed by atoms with van der Waals surface area (Å²) in [5.74, 6) is 4.69. The van der Waals surface area contributed by atoms with Crippen LogP contribution in [0.2, 0.25) is 0 Å². The van der Waals surface area contributed by atoms with Gasteiger partial charge in [-0.25, -0.2) is 0 Å². The van der Waals surface area contributed by atoms with Crippen molar-refractivity contribution >= 4 is 11.7 Å². The molecule has 0 atom stereocenters. The Bertz CT molecular complexity index is 605. The molecule has 0 spiro atoms. The van der Waals surface area contributed by atoms with E-state index in [0.717, 1.165) is 6.07 Å². The van der Waals surface area contributed by atoms with Crippen LogP contribution >= 0.6 is 0 Å². The van der Waals surface area contributed by atoms with Gasteiger partial charge < -0.3 is 4.74 Å². The summed E-state index contributed by atoms with van der Waals surface area (Å²) in [4.78, 5) is 21.1. The number of nitriles is 1. The summed E-state index contributed by atoms with van der Waals surface area (Å²) in [6.45, 7) is 1.96. The second-order valence-corrected chi connectivity index (χ2v) is 3.42. The van der Waals surface area contributed by atoms with Gasteiger partial charge in [0.25, 0.3) is 5.69 Å². The average molecular weight is 258 g/mol. The first-order chi connectivity index (χ1) is 9.06. The van der Waals surface area contributed by atoms with E-state index in [-0.39, 0.29) is 24.3 Å². The number of rotatable bonds is 3. The summed E-state index contributed by atoms with van der Waals surface area (Å²) in [5.41, 5.74) is 0.254. The van der Waals surface area contributed by atoms with Crippen molar-refractivity contribution in [1.29, 1.82) is 5.26 Å². The number of carbonyl (C=O) groups is 1. The van der Waals surface area contributed by atoms with Gasteiger partial charge in [0.1, 0.15) is 6.42 Å². The molecule has 0 unspecified atom stereocenters. The summed E-state index contributed by atoms with van der Waals surface area (Å²) in [6.07, 6.45) is -0.0988. The Hall–Kier alpha value is -2.86. The highest BCUT2D eigenvalue weighted by Crippen LogP contribution is 2.16. The van der Waals surface area contributed by atoms with Crippen LogP contribution in [-0.2, 0) is 9.53 Å². The number of benzene rings is 1. The van der Waals surface area contributed by atoms with E-state index in [2.05, 4.69) is 16.6 Å². The molecule has 0 aromatic heterocycles. The molecule has 6 heteroatoms. The zero-order valence-electron chi connectivity index (χ0n) is 10.2. The second kappa shape index (κ2) is 6.77. The van der Waals surface area contributed by atoms with E-state index in [1.165, 1.54) is 12.1 Å². The number of non-ortho nitro benzene ring substituents is 1. The van der Waals surface area contributed by atoms with Gasteiger partial charge in [0.2, 0.25) is 0 Å². The average Bonchev–Trinajstić information content (AvgIpc) is 2.38. The third-order valence-electron chi connectivity index (χ3n) is 2.03. The number of hydrogen-bond donors (Lipinski definition) is 0. The third-order valence-corrected chi connectivity index (χ3v) is 2.03. The fraction of sp³-hybridized carbons (Fsp3) is 0.231. The van der Waals surface area contributed by atoms with Crippen molar-refractivity contribution in [2.75, 3.05) is 6.61 Å². The molecule has 1 aromatic rings. The van der Waals surface area contributed by atoms with Gasteiger partial charge in [-0.2, -0.15) is 5.26 Å². The van der Waals surface area contributed by atoms with Gasteiger partial charge in [-0.3, -0.25) is 14.9 Å². The smallest absolute Gasteiger partial charge is 0.317 e. The van der Waals surface area contributed by atoms with Crippen LogP contribution in [0, 0.1) is 33.3 Å². The van der Waals surface area contributed by atoms with Gasteiger partial charge in [-0.1, -0.05) is 11.8 Å². The van der Waals surface area contributed by atoms with E-state index >= 15 is 0 Å². The highest BCUT2D eigenvalue weighted by atomic mass is 16.6. The summed E-state index contributed by atoms with van der Waals surface area (Å²) in [7, 11) is 0. The molecule has 1 aromatic carbocycles. The molecule has 0 fully saturated rings. The maximum absolute atomic E-state index is 11.0. The van der Waals surface area contributed by atoms with E-state index in [1.54, 1.807) is 6.92 Å². The Morgan fingerprint density at radius 1 is 1.42 bits per heavy atom. The molecule has 0 heterocycles. The van der Waals surface area contributed by atoms with E-state index < -0.39 is 10.9 Å². The maximum Gasteiger partial charge on any atom is 0.317 e. The Morgan fingerprint density at radius 2 is 2.11 bits per heavy atom. The minimum absolute atomic E-state index is 0.0988. The van der Waals surface area contributed by atoms with Crippen LogP contribution in [0.25, 0.3) is 0 Å². The minimum Gasteiger partial charge on any atom is -0.465 e. The molecule has 0 radical (unpaired) electrons. The third kappa shape index (κ3) is 4.49. The summed E-state index contributed by atoms with van der Waals surface area (Å²) in [5, 5.41) is 19.4. The number of hydrogen-bond acceptors (Lipinski definition) is 5. The van der Waals surface area contributed by atoms with Gasteiger partial charge in [0.05, 0.1) is 23.2 Å². The van der Waals surface area contributed by atoms with Crippen molar-refractivity contribution in [3.05, 3.63) is 39.4 Å². The molecule has 0 bridgehead atoms. The Kier molecular flexibility index (Phi) is 5.06. The highest BCUT2D eigenvalue weighted by Gasteiger charge is 2.08. The molecular formula is C13H10N2O4. The molecule has 96 valence electrons. The van der Waals surface area contributed by atoms with Gasteiger partial charge >= 0.3 is 5.97 Å². The largest absolute Gasteiger partial charge is 0.465 e. The molecule has 0 saturated heterocycles. The van der Waals surface area contributed by atoms with E-state index in [0.29, 0.717) is 5.56 Å². The number of nitrogens with zero attached hydrogens (tertiary/aromatic N) is 2. The highest BCUT2D eigenvalue weighted by molar-refractivity contribution is 5.72. The number of esters is 1. The molecule has 19 heavy (non-hydrogen) atoms. The lowest BCUT2D eigenvalue weighted by Crippen LogP contribution is -2.01. The fourth-order valence-electron chi connectivity index (χ4n) is 1.28. The maximum atomic E-state index is 11.0. The van der Waals surface area contributed by atoms with Crippen LogP contribution in [-0.4, -0.2) is 17.5 Å². The summed E-state index contributed by atoms with van der Waals surface area (Å²) >= 11 is 0. The molecule has 1 rings (SSSR count). The lowest BCUT2D eigenvalue weighted by atomic mass is 10.1. The van der Waals surface area contributed by atoms with Crippen molar-refractivity contribution in [3.63, 3.8) is 0 Å². The van der Waals surface area contributed by atoms with Gasteiger partial charge in [0, 0.05) is 17.7 Å². The van der Waals surface area contributed by atoms with Crippen molar-refractivity contribution in [2.24, 2.45) is 0 Å².